The molecule has 0 fully saturated rings. The van der Waals surface area contributed by atoms with Crippen LogP contribution in [-0.4, -0.2) is 28.2 Å². The van der Waals surface area contributed by atoms with E-state index in [1.54, 1.807) is 20.1 Å². The van der Waals surface area contributed by atoms with Crippen molar-refractivity contribution in [3.05, 3.63) is 23.2 Å². The molecular formula is C11H17ClN2O3S. The summed E-state index contributed by atoms with van der Waals surface area (Å²) in [6.45, 7) is 2.23. The van der Waals surface area contributed by atoms with E-state index in [0.717, 1.165) is 0 Å². The second-order valence-corrected chi connectivity index (χ2v) is 6.02. The van der Waals surface area contributed by atoms with Crippen LogP contribution < -0.4 is 10.5 Å². The number of benzene rings is 1. The highest BCUT2D eigenvalue weighted by atomic mass is 35.5. The van der Waals surface area contributed by atoms with E-state index in [4.69, 9.17) is 22.1 Å². The average Bonchev–Trinajstić information content (AvgIpc) is 2.25. The van der Waals surface area contributed by atoms with Crippen LogP contribution in [0.2, 0.25) is 5.02 Å². The second kappa shape index (κ2) is 6.38. The quantitative estimate of drug-likeness (QED) is 0.781. The number of hydrogen-bond acceptors (Lipinski definition) is 4. The first-order chi connectivity index (χ1) is 8.38. The fraction of sp³-hybridized carbons (Fsp3) is 0.455. The van der Waals surface area contributed by atoms with Crippen molar-refractivity contribution in [2.24, 2.45) is 0 Å². The van der Waals surface area contributed by atoms with Crippen LogP contribution in [0.15, 0.2) is 23.1 Å². The summed E-state index contributed by atoms with van der Waals surface area (Å²) in [6.07, 6.45) is 0.570. The van der Waals surface area contributed by atoms with E-state index < -0.39 is 10.0 Å². The molecule has 0 aliphatic carbocycles. The lowest BCUT2D eigenvalue weighted by Gasteiger charge is -2.15. The smallest absolute Gasteiger partial charge is 0.244 e. The summed E-state index contributed by atoms with van der Waals surface area (Å²) in [5.74, 6) is 0. The van der Waals surface area contributed by atoms with Crippen LogP contribution in [0.5, 0.6) is 0 Å². The van der Waals surface area contributed by atoms with Crippen LogP contribution in [-0.2, 0) is 14.8 Å². The predicted octanol–water partition coefficient (Wildman–Crippen LogP) is 1.63. The minimum Gasteiger partial charge on any atom is -0.398 e. The number of ether oxygens (including phenoxy) is 1. The van der Waals surface area contributed by atoms with Crippen LogP contribution in [0.25, 0.3) is 0 Å². The van der Waals surface area contributed by atoms with Crippen molar-refractivity contribution in [2.75, 3.05) is 19.5 Å². The zero-order valence-electron chi connectivity index (χ0n) is 10.3. The maximum absolute atomic E-state index is 12.1. The van der Waals surface area contributed by atoms with Crippen molar-refractivity contribution in [3.8, 4) is 0 Å². The molecule has 0 radical (unpaired) electrons. The minimum absolute atomic E-state index is 0.0732. The summed E-state index contributed by atoms with van der Waals surface area (Å²) < 4.78 is 31.7. The summed E-state index contributed by atoms with van der Waals surface area (Å²) in [5, 5.41) is 0.112. The molecule has 0 amide bonds. The molecule has 18 heavy (non-hydrogen) atoms. The first kappa shape index (κ1) is 15.2. The van der Waals surface area contributed by atoms with Gasteiger partial charge < -0.3 is 10.5 Å². The number of nitrogens with one attached hydrogen (secondary N) is 1. The molecule has 0 heterocycles. The van der Waals surface area contributed by atoms with Crippen molar-refractivity contribution in [2.45, 2.75) is 24.3 Å². The zero-order chi connectivity index (χ0) is 13.8. The number of hydrogen-bond donors (Lipinski definition) is 2. The van der Waals surface area contributed by atoms with Crippen LogP contribution in [0.4, 0.5) is 5.69 Å². The molecule has 1 aromatic rings. The summed E-state index contributed by atoms with van der Waals surface area (Å²) in [7, 11) is -2.15. The van der Waals surface area contributed by atoms with Gasteiger partial charge in [-0.25, -0.2) is 13.1 Å². The molecule has 0 aliphatic heterocycles. The Morgan fingerprint density at radius 2 is 2.17 bits per heavy atom. The number of halogens is 1. The van der Waals surface area contributed by atoms with Gasteiger partial charge in [-0.15, -0.1) is 0 Å². The lowest BCUT2D eigenvalue weighted by molar-refractivity contribution is 0.188. The third kappa shape index (κ3) is 3.84. The molecule has 1 atom stereocenters. The van der Waals surface area contributed by atoms with Gasteiger partial charge in [0.05, 0.1) is 10.7 Å². The van der Waals surface area contributed by atoms with E-state index in [1.807, 2.05) is 0 Å². The third-order valence-electron chi connectivity index (χ3n) is 2.38. The van der Waals surface area contributed by atoms with Crippen molar-refractivity contribution in [3.63, 3.8) is 0 Å². The lowest BCUT2D eigenvalue weighted by atomic mass is 10.3. The zero-order valence-corrected chi connectivity index (χ0v) is 11.9. The first-order valence-electron chi connectivity index (χ1n) is 5.43. The van der Waals surface area contributed by atoms with E-state index in [9.17, 15) is 8.42 Å². The van der Waals surface area contributed by atoms with Gasteiger partial charge in [-0.3, -0.25) is 0 Å². The molecule has 0 saturated heterocycles. The molecule has 1 aromatic carbocycles. The molecule has 1 rings (SSSR count). The highest BCUT2D eigenvalue weighted by Crippen LogP contribution is 2.27. The van der Waals surface area contributed by atoms with E-state index >= 15 is 0 Å². The van der Waals surface area contributed by atoms with Crippen molar-refractivity contribution in [1.29, 1.82) is 0 Å². The van der Waals surface area contributed by atoms with Gasteiger partial charge in [0.25, 0.3) is 0 Å². The number of nitrogens with two attached hydrogens (primary N) is 1. The van der Waals surface area contributed by atoms with Gasteiger partial charge in [0.15, 0.2) is 0 Å². The fourth-order valence-electron chi connectivity index (χ4n) is 1.49. The SMILES string of the molecule is COCCC(C)NS(=O)(=O)c1c(N)cccc1Cl. The highest BCUT2D eigenvalue weighted by Gasteiger charge is 2.22. The summed E-state index contributed by atoms with van der Waals surface area (Å²) in [4.78, 5) is -0.0732. The summed E-state index contributed by atoms with van der Waals surface area (Å²) in [6, 6.07) is 4.34. The predicted molar refractivity (Wildman–Crippen MR) is 72.1 cm³/mol. The van der Waals surface area contributed by atoms with Gasteiger partial charge in [-0.05, 0) is 25.5 Å². The van der Waals surface area contributed by atoms with E-state index in [-0.39, 0.29) is 21.6 Å². The molecule has 0 aromatic heterocycles. The molecule has 5 nitrogen and oxygen atoms in total. The van der Waals surface area contributed by atoms with Crippen LogP contribution >= 0.6 is 11.6 Å². The Kier molecular flexibility index (Phi) is 5.40. The van der Waals surface area contributed by atoms with Crippen LogP contribution in [0.1, 0.15) is 13.3 Å². The van der Waals surface area contributed by atoms with Gasteiger partial charge in [0.1, 0.15) is 4.90 Å². The largest absolute Gasteiger partial charge is 0.398 e. The van der Waals surface area contributed by atoms with Gasteiger partial charge in [-0.1, -0.05) is 17.7 Å². The molecule has 102 valence electrons. The molecule has 0 bridgehead atoms. The van der Waals surface area contributed by atoms with Crippen molar-refractivity contribution < 1.29 is 13.2 Å². The maximum atomic E-state index is 12.1. The van der Waals surface area contributed by atoms with Crippen molar-refractivity contribution >= 4 is 27.3 Å². The van der Waals surface area contributed by atoms with Gasteiger partial charge in [0.2, 0.25) is 10.0 Å². The molecule has 7 heteroatoms. The Labute approximate surface area is 112 Å². The van der Waals surface area contributed by atoms with Crippen LogP contribution in [0, 0.1) is 0 Å². The number of rotatable bonds is 6. The Hall–Kier alpha value is -0.820. The monoisotopic (exact) mass is 292 g/mol. The Morgan fingerprint density at radius 3 is 2.72 bits per heavy atom. The minimum atomic E-state index is -3.71. The standard InChI is InChI=1S/C11H17ClN2O3S/c1-8(6-7-17-2)14-18(15,16)11-9(12)4-3-5-10(11)13/h3-5,8,14H,6-7,13H2,1-2H3. The Morgan fingerprint density at radius 1 is 1.50 bits per heavy atom. The second-order valence-electron chi connectivity index (χ2n) is 3.96. The molecule has 0 spiro atoms. The van der Waals surface area contributed by atoms with Gasteiger partial charge >= 0.3 is 0 Å². The van der Waals surface area contributed by atoms with E-state index in [1.165, 1.54) is 12.1 Å². The molecular weight excluding hydrogens is 276 g/mol. The van der Waals surface area contributed by atoms with E-state index in [2.05, 4.69) is 4.72 Å². The normalized spacial score (nSPS) is 13.5. The number of sulfonamides is 1. The van der Waals surface area contributed by atoms with Crippen LogP contribution in [0.3, 0.4) is 0 Å². The Balaban J connectivity index is 2.93. The average molecular weight is 293 g/mol. The Bertz CT molecular complexity index is 485. The molecule has 0 saturated carbocycles. The highest BCUT2D eigenvalue weighted by molar-refractivity contribution is 7.89. The maximum Gasteiger partial charge on any atom is 0.244 e. The van der Waals surface area contributed by atoms with E-state index in [0.29, 0.717) is 13.0 Å². The molecule has 0 aliphatic rings. The topological polar surface area (TPSA) is 81.4 Å². The molecule has 3 N–H and O–H groups in total. The summed E-state index contributed by atoms with van der Waals surface area (Å²) in [5.41, 5.74) is 5.79. The van der Waals surface area contributed by atoms with Gasteiger partial charge in [0, 0.05) is 19.8 Å². The number of anilines is 1. The first-order valence-corrected chi connectivity index (χ1v) is 7.30. The summed E-state index contributed by atoms with van der Waals surface area (Å²) >= 11 is 5.88. The number of nitrogen functional groups attached to an aromatic ring is 1. The molecule has 1 unspecified atom stereocenters. The fourth-order valence-corrected chi connectivity index (χ4v) is 3.44. The van der Waals surface area contributed by atoms with Gasteiger partial charge in [-0.2, -0.15) is 0 Å². The lowest BCUT2D eigenvalue weighted by Crippen LogP contribution is -2.34. The van der Waals surface area contributed by atoms with Crippen molar-refractivity contribution in [1.82, 2.24) is 4.72 Å². The third-order valence-corrected chi connectivity index (χ3v) is 4.51. The number of methoxy groups -OCH3 is 1.